The van der Waals surface area contributed by atoms with Gasteiger partial charge in [0.15, 0.2) is 0 Å². The van der Waals surface area contributed by atoms with Crippen molar-refractivity contribution in [3.63, 3.8) is 0 Å². The molecule has 4 nitrogen and oxygen atoms in total. The Morgan fingerprint density at radius 3 is 2.38 bits per heavy atom. The third-order valence-electron chi connectivity index (χ3n) is 3.49. The Labute approximate surface area is 144 Å². The van der Waals surface area contributed by atoms with Crippen molar-refractivity contribution in [2.75, 3.05) is 13.1 Å². The van der Waals surface area contributed by atoms with Gasteiger partial charge in [-0.05, 0) is 43.5 Å². The van der Waals surface area contributed by atoms with E-state index in [1.165, 1.54) is 5.56 Å². The number of hydrogen-bond acceptors (Lipinski definition) is 3. The second kappa shape index (κ2) is 9.73. The minimum absolute atomic E-state index is 0.0192. The number of carbonyl (C=O) groups is 1. The van der Waals surface area contributed by atoms with E-state index in [1.54, 1.807) is 0 Å². The first-order valence-corrected chi connectivity index (χ1v) is 8.40. The molecule has 2 aromatic carbocycles. The zero-order valence-electron chi connectivity index (χ0n) is 14.4. The summed E-state index contributed by atoms with van der Waals surface area (Å²) >= 11 is 0. The maximum Gasteiger partial charge on any atom is 0.233 e. The Morgan fingerprint density at radius 1 is 1.00 bits per heavy atom. The Bertz CT molecular complexity index is 609. The van der Waals surface area contributed by atoms with Crippen LogP contribution >= 0.6 is 0 Å². The van der Waals surface area contributed by atoms with E-state index < -0.39 is 0 Å². The first kappa shape index (κ1) is 18.0. The summed E-state index contributed by atoms with van der Waals surface area (Å²) in [5.41, 5.74) is 2.36. The fourth-order valence-corrected chi connectivity index (χ4v) is 2.33. The molecule has 2 N–H and O–H groups in total. The molecule has 0 atom stereocenters. The molecule has 0 spiro atoms. The van der Waals surface area contributed by atoms with Crippen molar-refractivity contribution in [2.24, 2.45) is 0 Å². The van der Waals surface area contributed by atoms with Gasteiger partial charge in [0.25, 0.3) is 0 Å². The molecule has 2 rings (SSSR count). The highest BCUT2D eigenvalue weighted by Gasteiger charge is 2.02. The summed E-state index contributed by atoms with van der Waals surface area (Å²) in [5, 5.41) is 6.08. The van der Waals surface area contributed by atoms with Gasteiger partial charge in [0.2, 0.25) is 5.91 Å². The van der Waals surface area contributed by atoms with E-state index in [0.29, 0.717) is 19.6 Å². The molecule has 0 bridgehead atoms. The third-order valence-corrected chi connectivity index (χ3v) is 3.49. The van der Waals surface area contributed by atoms with Crippen LogP contribution in [0.25, 0.3) is 0 Å². The maximum atomic E-state index is 11.8. The minimum atomic E-state index is 0.0192. The molecular weight excluding hydrogens is 300 g/mol. The number of amides is 1. The van der Waals surface area contributed by atoms with E-state index in [-0.39, 0.29) is 12.0 Å². The van der Waals surface area contributed by atoms with Gasteiger partial charge in [0.1, 0.15) is 5.75 Å². The average molecular weight is 326 g/mol. The van der Waals surface area contributed by atoms with Crippen LogP contribution in [0.2, 0.25) is 0 Å². The van der Waals surface area contributed by atoms with Crippen LogP contribution in [0.4, 0.5) is 0 Å². The lowest BCUT2D eigenvalue weighted by Crippen LogP contribution is -2.34. The number of rotatable bonds is 9. The van der Waals surface area contributed by atoms with E-state index >= 15 is 0 Å². The van der Waals surface area contributed by atoms with Crippen LogP contribution in [-0.4, -0.2) is 25.1 Å². The first-order valence-electron chi connectivity index (χ1n) is 8.40. The second-order valence-electron chi connectivity index (χ2n) is 6.00. The van der Waals surface area contributed by atoms with Gasteiger partial charge in [0.05, 0.1) is 12.6 Å². The lowest BCUT2D eigenvalue weighted by Gasteiger charge is -2.10. The van der Waals surface area contributed by atoms with E-state index in [1.807, 2.05) is 56.3 Å². The van der Waals surface area contributed by atoms with Gasteiger partial charge in [-0.25, -0.2) is 0 Å². The lowest BCUT2D eigenvalue weighted by molar-refractivity contribution is -0.120. The largest absolute Gasteiger partial charge is 0.491 e. The van der Waals surface area contributed by atoms with E-state index in [4.69, 9.17) is 4.74 Å². The molecule has 0 unspecified atom stereocenters. The molecule has 0 heterocycles. The van der Waals surface area contributed by atoms with Crippen LogP contribution in [0.3, 0.4) is 0 Å². The summed E-state index contributed by atoms with van der Waals surface area (Å²) in [7, 11) is 0. The smallest absolute Gasteiger partial charge is 0.233 e. The maximum absolute atomic E-state index is 11.8. The Hall–Kier alpha value is -2.33. The SMILES string of the molecule is CC(C)Oc1ccc(CNCC(=O)NCCc2ccccc2)cc1. The zero-order valence-corrected chi connectivity index (χ0v) is 14.4. The van der Waals surface area contributed by atoms with Gasteiger partial charge in [-0.1, -0.05) is 42.5 Å². The van der Waals surface area contributed by atoms with Crippen molar-refractivity contribution in [1.82, 2.24) is 10.6 Å². The van der Waals surface area contributed by atoms with Crippen LogP contribution < -0.4 is 15.4 Å². The van der Waals surface area contributed by atoms with Crippen molar-refractivity contribution >= 4 is 5.91 Å². The van der Waals surface area contributed by atoms with Crippen LogP contribution in [0.1, 0.15) is 25.0 Å². The van der Waals surface area contributed by atoms with Gasteiger partial charge in [0, 0.05) is 13.1 Å². The molecule has 0 saturated carbocycles. The first-order chi connectivity index (χ1) is 11.6. The summed E-state index contributed by atoms with van der Waals surface area (Å²) in [4.78, 5) is 11.8. The minimum Gasteiger partial charge on any atom is -0.491 e. The predicted octanol–water partition coefficient (Wildman–Crippen LogP) is 2.92. The van der Waals surface area contributed by atoms with Crippen molar-refractivity contribution in [3.05, 3.63) is 65.7 Å². The summed E-state index contributed by atoms with van der Waals surface area (Å²) in [6, 6.07) is 18.1. The van der Waals surface area contributed by atoms with Crippen molar-refractivity contribution in [3.8, 4) is 5.75 Å². The number of hydrogen-bond donors (Lipinski definition) is 2. The monoisotopic (exact) mass is 326 g/mol. The normalized spacial score (nSPS) is 10.6. The third kappa shape index (κ3) is 6.84. The van der Waals surface area contributed by atoms with Gasteiger partial charge in [-0.3, -0.25) is 4.79 Å². The van der Waals surface area contributed by atoms with Crippen molar-refractivity contribution in [1.29, 1.82) is 0 Å². The Balaban J connectivity index is 1.62. The molecular formula is C20H26N2O2. The van der Waals surface area contributed by atoms with Crippen LogP contribution in [0.15, 0.2) is 54.6 Å². The molecule has 0 saturated heterocycles. The Morgan fingerprint density at radius 2 is 1.71 bits per heavy atom. The van der Waals surface area contributed by atoms with Gasteiger partial charge in [-0.2, -0.15) is 0 Å². The number of carbonyl (C=O) groups excluding carboxylic acids is 1. The van der Waals surface area contributed by atoms with Crippen molar-refractivity contribution < 1.29 is 9.53 Å². The molecule has 0 fully saturated rings. The molecule has 0 aliphatic carbocycles. The fourth-order valence-electron chi connectivity index (χ4n) is 2.33. The highest BCUT2D eigenvalue weighted by Crippen LogP contribution is 2.13. The molecule has 1 amide bonds. The van der Waals surface area contributed by atoms with Crippen LogP contribution in [0.5, 0.6) is 5.75 Å². The molecule has 4 heteroatoms. The molecule has 0 aliphatic heterocycles. The molecule has 24 heavy (non-hydrogen) atoms. The van der Waals surface area contributed by atoms with Crippen LogP contribution in [0, 0.1) is 0 Å². The quantitative estimate of drug-likeness (QED) is 0.745. The van der Waals surface area contributed by atoms with E-state index in [0.717, 1.165) is 17.7 Å². The highest BCUT2D eigenvalue weighted by atomic mass is 16.5. The summed E-state index contributed by atoms with van der Waals surface area (Å²) in [5.74, 6) is 0.887. The predicted molar refractivity (Wildman–Crippen MR) is 97.1 cm³/mol. The summed E-state index contributed by atoms with van der Waals surface area (Å²) in [6.07, 6.45) is 1.03. The molecule has 2 aromatic rings. The summed E-state index contributed by atoms with van der Waals surface area (Å²) < 4.78 is 5.61. The second-order valence-corrected chi connectivity index (χ2v) is 6.00. The molecule has 0 aliphatic rings. The molecule has 0 aromatic heterocycles. The number of nitrogens with one attached hydrogen (secondary N) is 2. The van der Waals surface area contributed by atoms with Crippen molar-refractivity contribution in [2.45, 2.75) is 32.9 Å². The number of ether oxygens (including phenoxy) is 1. The van der Waals surface area contributed by atoms with Gasteiger partial charge < -0.3 is 15.4 Å². The summed E-state index contributed by atoms with van der Waals surface area (Å²) in [6.45, 7) is 5.65. The number of benzene rings is 2. The zero-order chi connectivity index (χ0) is 17.2. The molecule has 0 radical (unpaired) electrons. The highest BCUT2D eigenvalue weighted by molar-refractivity contribution is 5.77. The molecule has 128 valence electrons. The van der Waals surface area contributed by atoms with Crippen LogP contribution in [-0.2, 0) is 17.8 Å². The Kier molecular flexibility index (Phi) is 7.30. The van der Waals surface area contributed by atoms with E-state index in [9.17, 15) is 4.79 Å². The van der Waals surface area contributed by atoms with Gasteiger partial charge >= 0.3 is 0 Å². The fraction of sp³-hybridized carbons (Fsp3) is 0.350. The van der Waals surface area contributed by atoms with Gasteiger partial charge in [-0.15, -0.1) is 0 Å². The van der Waals surface area contributed by atoms with E-state index in [2.05, 4.69) is 22.8 Å². The lowest BCUT2D eigenvalue weighted by atomic mass is 10.1. The average Bonchev–Trinajstić information content (AvgIpc) is 2.57. The standard InChI is InChI=1S/C20H26N2O2/c1-16(2)24-19-10-8-18(9-11-19)14-21-15-20(23)22-13-12-17-6-4-3-5-7-17/h3-11,16,21H,12-15H2,1-2H3,(H,22,23). The topological polar surface area (TPSA) is 50.4 Å².